The fourth-order valence-electron chi connectivity index (χ4n) is 1.91. The predicted octanol–water partition coefficient (Wildman–Crippen LogP) is 2.99. The van der Waals surface area contributed by atoms with Crippen molar-refractivity contribution in [2.24, 2.45) is 0 Å². The van der Waals surface area contributed by atoms with Crippen molar-refractivity contribution in [3.05, 3.63) is 0 Å². The van der Waals surface area contributed by atoms with E-state index >= 15 is 0 Å². The third kappa shape index (κ3) is 4.22. The first kappa shape index (κ1) is 11.9. The summed E-state index contributed by atoms with van der Waals surface area (Å²) in [6, 6.07) is 0.801. The minimum Gasteiger partial charge on any atom is -0.299 e. The van der Waals surface area contributed by atoms with Gasteiger partial charge in [0.25, 0.3) is 0 Å². The molecule has 0 aromatic carbocycles. The van der Waals surface area contributed by atoms with Crippen LogP contribution in [-0.4, -0.2) is 41.4 Å². The lowest BCUT2D eigenvalue weighted by Gasteiger charge is -2.28. The smallest absolute Gasteiger partial charge is 0.0193 e. The Morgan fingerprint density at radius 1 is 1.38 bits per heavy atom. The highest BCUT2D eigenvalue weighted by Gasteiger charge is 2.18. The molecule has 1 heterocycles. The van der Waals surface area contributed by atoms with Crippen LogP contribution in [0.25, 0.3) is 0 Å². The molecule has 1 rings (SSSR count). The maximum Gasteiger partial charge on any atom is 0.0193 e. The molecule has 3 heteroatoms. The normalized spacial score (nSPS) is 25.8. The lowest BCUT2D eigenvalue weighted by atomic mass is 10.1. The van der Waals surface area contributed by atoms with Gasteiger partial charge in [0.15, 0.2) is 0 Å². The lowest BCUT2D eigenvalue weighted by Crippen LogP contribution is -2.37. The Kier molecular flexibility index (Phi) is 6.51. The van der Waals surface area contributed by atoms with Gasteiger partial charge in [-0.15, -0.1) is 0 Å². The SMILES string of the molecule is CSCCN1CCCCCC1CBr. The van der Waals surface area contributed by atoms with Gasteiger partial charge in [0, 0.05) is 23.7 Å². The Labute approximate surface area is 94.8 Å². The standard InChI is InChI=1S/C10H20BrNS/c1-13-8-7-12-6-4-2-3-5-10(12)9-11/h10H,2-9H2,1H3. The van der Waals surface area contributed by atoms with Crippen molar-refractivity contribution in [2.75, 3.05) is 30.4 Å². The molecule has 1 aliphatic heterocycles. The van der Waals surface area contributed by atoms with Crippen LogP contribution in [0.2, 0.25) is 0 Å². The van der Waals surface area contributed by atoms with Gasteiger partial charge >= 0.3 is 0 Å². The van der Waals surface area contributed by atoms with E-state index in [1.54, 1.807) is 0 Å². The van der Waals surface area contributed by atoms with Crippen molar-refractivity contribution in [1.82, 2.24) is 4.90 Å². The highest BCUT2D eigenvalue weighted by molar-refractivity contribution is 9.09. The average molecular weight is 266 g/mol. The van der Waals surface area contributed by atoms with E-state index in [0.29, 0.717) is 0 Å². The van der Waals surface area contributed by atoms with Crippen LogP contribution in [0.15, 0.2) is 0 Å². The molecule has 0 spiro atoms. The van der Waals surface area contributed by atoms with Crippen molar-refractivity contribution in [1.29, 1.82) is 0 Å². The highest BCUT2D eigenvalue weighted by atomic mass is 79.9. The topological polar surface area (TPSA) is 3.24 Å². The lowest BCUT2D eigenvalue weighted by molar-refractivity contribution is 0.232. The Morgan fingerprint density at radius 2 is 2.23 bits per heavy atom. The van der Waals surface area contributed by atoms with Crippen molar-refractivity contribution in [3.8, 4) is 0 Å². The molecule has 13 heavy (non-hydrogen) atoms. The zero-order chi connectivity index (χ0) is 9.52. The van der Waals surface area contributed by atoms with Gasteiger partial charge in [0.05, 0.1) is 0 Å². The molecule has 0 aromatic heterocycles. The van der Waals surface area contributed by atoms with Gasteiger partial charge in [-0.1, -0.05) is 28.8 Å². The first-order chi connectivity index (χ1) is 6.38. The zero-order valence-electron chi connectivity index (χ0n) is 8.47. The molecule has 1 nitrogen and oxygen atoms in total. The maximum atomic E-state index is 3.63. The summed E-state index contributed by atoms with van der Waals surface area (Å²) in [7, 11) is 0. The number of rotatable bonds is 4. The number of hydrogen-bond donors (Lipinski definition) is 0. The summed E-state index contributed by atoms with van der Waals surface area (Å²) in [6.07, 6.45) is 7.84. The van der Waals surface area contributed by atoms with Gasteiger partial charge < -0.3 is 0 Å². The largest absolute Gasteiger partial charge is 0.299 e. The average Bonchev–Trinajstić information content (AvgIpc) is 2.39. The van der Waals surface area contributed by atoms with Crippen LogP contribution >= 0.6 is 27.7 Å². The molecule has 0 saturated carbocycles. The van der Waals surface area contributed by atoms with Gasteiger partial charge in [-0.2, -0.15) is 11.8 Å². The second-order valence-electron chi connectivity index (χ2n) is 3.69. The van der Waals surface area contributed by atoms with Crippen molar-refractivity contribution in [3.63, 3.8) is 0 Å². The second-order valence-corrected chi connectivity index (χ2v) is 5.32. The Balaban J connectivity index is 2.34. The number of halogens is 1. The van der Waals surface area contributed by atoms with Gasteiger partial charge in [-0.05, 0) is 25.6 Å². The van der Waals surface area contributed by atoms with Crippen molar-refractivity contribution < 1.29 is 0 Å². The van der Waals surface area contributed by atoms with Gasteiger partial charge in [-0.25, -0.2) is 0 Å². The number of thioether (sulfide) groups is 1. The molecule has 0 radical (unpaired) electrons. The highest BCUT2D eigenvalue weighted by Crippen LogP contribution is 2.18. The number of likely N-dealkylation sites (tertiary alicyclic amines) is 1. The van der Waals surface area contributed by atoms with Crippen LogP contribution in [0.3, 0.4) is 0 Å². The first-order valence-electron chi connectivity index (χ1n) is 5.17. The summed E-state index contributed by atoms with van der Waals surface area (Å²) in [5.41, 5.74) is 0. The summed E-state index contributed by atoms with van der Waals surface area (Å²) in [5, 5.41) is 1.15. The summed E-state index contributed by atoms with van der Waals surface area (Å²) in [4.78, 5) is 2.66. The van der Waals surface area contributed by atoms with Crippen molar-refractivity contribution in [2.45, 2.75) is 31.7 Å². The third-order valence-corrected chi connectivity index (χ3v) is 4.10. The minimum absolute atomic E-state index is 0.801. The number of alkyl halides is 1. The van der Waals surface area contributed by atoms with Crippen LogP contribution in [0.4, 0.5) is 0 Å². The molecule has 1 unspecified atom stereocenters. The van der Waals surface area contributed by atoms with Crippen LogP contribution in [0.5, 0.6) is 0 Å². The molecule has 78 valence electrons. The van der Waals surface area contributed by atoms with Gasteiger partial charge in [-0.3, -0.25) is 4.90 Å². The first-order valence-corrected chi connectivity index (χ1v) is 7.69. The molecule has 0 N–H and O–H groups in total. The molecule has 0 bridgehead atoms. The van der Waals surface area contributed by atoms with E-state index in [1.165, 1.54) is 44.5 Å². The van der Waals surface area contributed by atoms with Crippen LogP contribution < -0.4 is 0 Å². The fourth-order valence-corrected chi connectivity index (χ4v) is 3.06. The summed E-state index contributed by atoms with van der Waals surface area (Å²) in [5.74, 6) is 1.28. The van der Waals surface area contributed by atoms with Gasteiger partial charge in [0.2, 0.25) is 0 Å². The second kappa shape index (κ2) is 7.13. The van der Waals surface area contributed by atoms with E-state index in [9.17, 15) is 0 Å². The number of nitrogens with zero attached hydrogens (tertiary/aromatic N) is 1. The van der Waals surface area contributed by atoms with Crippen LogP contribution in [0.1, 0.15) is 25.7 Å². The molecular formula is C10H20BrNS. The monoisotopic (exact) mass is 265 g/mol. The third-order valence-electron chi connectivity index (χ3n) is 2.76. The number of hydrogen-bond acceptors (Lipinski definition) is 2. The molecule has 0 aliphatic carbocycles. The Hall–Kier alpha value is 0.790. The molecule has 1 fully saturated rings. The van der Waals surface area contributed by atoms with E-state index < -0.39 is 0 Å². The van der Waals surface area contributed by atoms with E-state index in [4.69, 9.17) is 0 Å². The van der Waals surface area contributed by atoms with E-state index in [2.05, 4.69) is 27.1 Å². The molecule has 1 atom stereocenters. The maximum absolute atomic E-state index is 3.63. The minimum atomic E-state index is 0.801. The summed E-state index contributed by atoms with van der Waals surface area (Å²) >= 11 is 5.59. The predicted molar refractivity (Wildman–Crippen MR) is 66.0 cm³/mol. The molecular weight excluding hydrogens is 246 g/mol. The summed E-state index contributed by atoms with van der Waals surface area (Å²) < 4.78 is 0. The van der Waals surface area contributed by atoms with E-state index in [-0.39, 0.29) is 0 Å². The molecule has 0 amide bonds. The van der Waals surface area contributed by atoms with Crippen LogP contribution in [0, 0.1) is 0 Å². The Morgan fingerprint density at radius 3 is 2.92 bits per heavy atom. The molecule has 0 aromatic rings. The van der Waals surface area contributed by atoms with Crippen LogP contribution in [-0.2, 0) is 0 Å². The summed E-state index contributed by atoms with van der Waals surface area (Å²) in [6.45, 7) is 2.59. The molecule has 1 saturated heterocycles. The molecule has 1 aliphatic rings. The Bertz CT molecular complexity index is 132. The van der Waals surface area contributed by atoms with E-state index in [1.807, 2.05) is 11.8 Å². The van der Waals surface area contributed by atoms with Crippen molar-refractivity contribution >= 4 is 27.7 Å². The van der Waals surface area contributed by atoms with Gasteiger partial charge in [0.1, 0.15) is 0 Å². The zero-order valence-corrected chi connectivity index (χ0v) is 10.9. The van der Waals surface area contributed by atoms with E-state index in [0.717, 1.165) is 11.4 Å². The fraction of sp³-hybridized carbons (Fsp3) is 1.00. The quantitative estimate of drug-likeness (QED) is 0.720.